The Kier molecular flexibility index (Phi) is 3.38. The zero-order valence-electron chi connectivity index (χ0n) is 8.46. The number of halogens is 1. The fraction of sp³-hybridized carbons (Fsp3) is 0.100. The molecule has 0 atom stereocenters. The van der Waals surface area contributed by atoms with Crippen LogP contribution in [0.25, 0.3) is 0 Å². The largest absolute Gasteiger partial charge is 0.483 e. The zero-order chi connectivity index (χ0) is 12.3. The van der Waals surface area contributed by atoms with E-state index in [1.807, 2.05) is 0 Å². The average Bonchev–Trinajstić information content (AvgIpc) is 2.80. The summed E-state index contributed by atoms with van der Waals surface area (Å²) in [4.78, 5) is 14.8. The lowest BCUT2D eigenvalue weighted by molar-refractivity contribution is 0.0691. The molecule has 0 saturated carbocycles. The lowest BCUT2D eigenvalue weighted by Gasteiger charge is -2.08. The second-order valence-corrected chi connectivity index (χ2v) is 3.91. The van der Waals surface area contributed by atoms with Crippen LogP contribution in [0.3, 0.4) is 0 Å². The van der Waals surface area contributed by atoms with Gasteiger partial charge in [0.15, 0.2) is 6.61 Å². The van der Waals surface area contributed by atoms with E-state index >= 15 is 0 Å². The van der Waals surface area contributed by atoms with E-state index in [9.17, 15) is 4.79 Å². The van der Waals surface area contributed by atoms with Crippen molar-refractivity contribution in [2.45, 2.75) is 6.61 Å². The predicted molar refractivity (Wildman–Crippen MR) is 59.7 cm³/mol. The minimum Gasteiger partial charge on any atom is -0.483 e. The quantitative estimate of drug-likeness (QED) is 0.930. The molecule has 0 unspecified atom stereocenters. The van der Waals surface area contributed by atoms with Gasteiger partial charge in [0.1, 0.15) is 11.3 Å². The number of carboxylic acid groups (broad SMARTS) is 1. The number of aromatic carboxylic acids is 1. The smallest absolute Gasteiger partial charge is 0.339 e. The van der Waals surface area contributed by atoms with Crippen molar-refractivity contribution in [1.29, 1.82) is 0 Å². The molecule has 6 nitrogen and oxygen atoms in total. The third-order valence-electron chi connectivity index (χ3n) is 1.95. The number of ether oxygens (including phenoxy) is 1. The van der Waals surface area contributed by atoms with Crippen molar-refractivity contribution in [2.75, 3.05) is 0 Å². The van der Waals surface area contributed by atoms with Crippen LogP contribution in [0.15, 0.2) is 33.6 Å². The molecule has 0 aliphatic carbocycles. The summed E-state index contributed by atoms with van der Waals surface area (Å²) >= 11 is 3.23. The lowest BCUT2D eigenvalue weighted by Crippen LogP contribution is -2.04. The summed E-state index contributed by atoms with van der Waals surface area (Å²) in [5, 5.41) is 12.6. The van der Waals surface area contributed by atoms with Crippen LogP contribution in [0.1, 0.15) is 16.2 Å². The molecule has 0 aliphatic heterocycles. The monoisotopic (exact) mass is 298 g/mol. The van der Waals surface area contributed by atoms with E-state index in [4.69, 9.17) is 9.84 Å². The van der Waals surface area contributed by atoms with E-state index in [0.29, 0.717) is 10.3 Å². The van der Waals surface area contributed by atoms with E-state index in [1.165, 1.54) is 12.5 Å². The summed E-state index contributed by atoms with van der Waals surface area (Å²) in [6, 6.07) is 4.77. The van der Waals surface area contributed by atoms with E-state index in [-0.39, 0.29) is 17.9 Å². The van der Waals surface area contributed by atoms with Crippen molar-refractivity contribution in [3.8, 4) is 5.75 Å². The van der Waals surface area contributed by atoms with Gasteiger partial charge in [-0.1, -0.05) is 11.2 Å². The number of para-hydroxylation sites is 1. The Hall–Kier alpha value is -1.89. The maximum absolute atomic E-state index is 11.0. The van der Waals surface area contributed by atoms with Crippen LogP contribution in [0.5, 0.6) is 5.75 Å². The standard InChI is InChI=1S/C10H7BrN2O4/c11-7-3-1-2-6(10(14)15)9(7)16-4-8-12-5-17-13-8/h1-3,5H,4H2,(H,14,15). The molecular formula is C10H7BrN2O4. The molecule has 1 N–H and O–H groups in total. The Balaban J connectivity index is 2.22. The lowest BCUT2D eigenvalue weighted by atomic mass is 10.2. The number of benzene rings is 1. The molecule has 0 saturated heterocycles. The van der Waals surface area contributed by atoms with Gasteiger partial charge in [0, 0.05) is 0 Å². The molecule has 1 aromatic heterocycles. The van der Waals surface area contributed by atoms with Crippen molar-refractivity contribution in [3.63, 3.8) is 0 Å². The topological polar surface area (TPSA) is 85.5 Å². The van der Waals surface area contributed by atoms with Gasteiger partial charge in [-0.25, -0.2) is 4.79 Å². The van der Waals surface area contributed by atoms with Crippen molar-refractivity contribution in [1.82, 2.24) is 10.1 Å². The molecular weight excluding hydrogens is 292 g/mol. The molecule has 0 aliphatic rings. The van der Waals surface area contributed by atoms with Crippen LogP contribution in [-0.4, -0.2) is 21.2 Å². The number of hydrogen-bond acceptors (Lipinski definition) is 5. The first-order valence-electron chi connectivity index (χ1n) is 4.58. The second-order valence-electron chi connectivity index (χ2n) is 3.06. The van der Waals surface area contributed by atoms with Gasteiger partial charge >= 0.3 is 5.97 Å². The molecule has 17 heavy (non-hydrogen) atoms. The maximum atomic E-state index is 11.0. The van der Waals surface area contributed by atoms with Crippen LogP contribution >= 0.6 is 15.9 Å². The Morgan fingerprint density at radius 1 is 1.53 bits per heavy atom. The number of carboxylic acids is 1. The van der Waals surface area contributed by atoms with Crippen LogP contribution in [0.4, 0.5) is 0 Å². The summed E-state index contributed by atoms with van der Waals surface area (Å²) in [7, 11) is 0. The minimum atomic E-state index is -1.06. The van der Waals surface area contributed by atoms with Crippen LogP contribution in [-0.2, 0) is 6.61 Å². The fourth-order valence-electron chi connectivity index (χ4n) is 1.22. The van der Waals surface area contributed by atoms with Gasteiger partial charge in [0.25, 0.3) is 0 Å². The van der Waals surface area contributed by atoms with Gasteiger partial charge in [-0.3, -0.25) is 0 Å². The highest BCUT2D eigenvalue weighted by Gasteiger charge is 2.14. The fourth-order valence-corrected chi connectivity index (χ4v) is 1.70. The van der Waals surface area contributed by atoms with E-state index in [1.54, 1.807) is 12.1 Å². The predicted octanol–water partition coefficient (Wildman–Crippen LogP) is 2.11. The Morgan fingerprint density at radius 2 is 2.35 bits per heavy atom. The number of nitrogens with zero attached hydrogens (tertiary/aromatic N) is 2. The molecule has 0 spiro atoms. The second kappa shape index (κ2) is 4.96. The van der Waals surface area contributed by atoms with Gasteiger partial charge in [-0.05, 0) is 28.1 Å². The molecule has 0 fully saturated rings. The van der Waals surface area contributed by atoms with Crippen LogP contribution in [0.2, 0.25) is 0 Å². The minimum absolute atomic E-state index is 0.0411. The summed E-state index contributed by atoms with van der Waals surface area (Å²) in [5.41, 5.74) is 0.0721. The maximum Gasteiger partial charge on any atom is 0.339 e. The summed E-state index contributed by atoms with van der Waals surface area (Å²) in [6.45, 7) is 0.0411. The molecule has 1 heterocycles. The third kappa shape index (κ3) is 2.62. The van der Waals surface area contributed by atoms with Gasteiger partial charge < -0.3 is 14.4 Å². The van der Waals surface area contributed by atoms with Gasteiger partial charge in [0.2, 0.25) is 12.2 Å². The molecule has 2 aromatic rings. The first-order chi connectivity index (χ1) is 8.18. The van der Waals surface area contributed by atoms with Crippen molar-refractivity contribution in [2.24, 2.45) is 0 Å². The molecule has 0 bridgehead atoms. The average molecular weight is 299 g/mol. The van der Waals surface area contributed by atoms with Crippen molar-refractivity contribution >= 4 is 21.9 Å². The summed E-state index contributed by atoms with van der Waals surface area (Å²) < 4.78 is 10.5. The van der Waals surface area contributed by atoms with Crippen LogP contribution < -0.4 is 4.74 Å². The number of aromatic nitrogens is 2. The highest BCUT2D eigenvalue weighted by Crippen LogP contribution is 2.29. The molecule has 88 valence electrons. The Labute approximate surface area is 104 Å². The summed E-state index contributed by atoms with van der Waals surface area (Å²) in [5.74, 6) is -0.476. The highest BCUT2D eigenvalue weighted by molar-refractivity contribution is 9.10. The Morgan fingerprint density at radius 3 is 3.00 bits per heavy atom. The number of rotatable bonds is 4. The van der Waals surface area contributed by atoms with Gasteiger partial charge in [0.05, 0.1) is 4.47 Å². The van der Waals surface area contributed by atoms with Gasteiger partial charge in [-0.15, -0.1) is 0 Å². The van der Waals surface area contributed by atoms with Crippen LogP contribution in [0, 0.1) is 0 Å². The number of carbonyl (C=O) groups is 1. The first kappa shape index (κ1) is 11.6. The molecule has 1 aromatic carbocycles. The molecule has 0 radical (unpaired) electrons. The highest BCUT2D eigenvalue weighted by atomic mass is 79.9. The normalized spacial score (nSPS) is 10.2. The Bertz CT molecular complexity index is 527. The summed E-state index contributed by atoms with van der Waals surface area (Å²) in [6.07, 6.45) is 1.18. The van der Waals surface area contributed by atoms with E-state index in [0.717, 1.165) is 0 Å². The molecule has 7 heteroatoms. The van der Waals surface area contributed by atoms with Crippen molar-refractivity contribution < 1.29 is 19.2 Å². The molecule has 0 amide bonds. The zero-order valence-corrected chi connectivity index (χ0v) is 10.0. The van der Waals surface area contributed by atoms with E-state index < -0.39 is 5.97 Å². The SMILES string of the molecule is O=C(O)c1cccc(Br)c1OCc1ncon1. The van der Waals surface area contributed by atoms with Gasteiger partial charge in [-0.2, -0.15) is 4.98 Å². The third-order valence-corrected chi connectivity index (χ3v) is 2.57. The molecule has 2 rings (SSSR count). The van der Waals surface area contributed by atoms with E-state index in [2.05, 4.69) is 30.6 Å². The number of hydrogen-bond donors (Lipinski definition) is 1. The van der Waals surface area contributed by atoms with Crippen molar-refractivity contribution in [3.05, 3.63) is 40.5 Å². The first-order valence-corrected chi connectivity index (χ1v) is 5.37.